The van der Waals surface area contributed by atoms with Crippen LogP contribution < -0.4 is 10.1 Å². The largest absolute Gasteiger partial charge is 0.573 e. The van der Waals surface area contributed by atoms with Gasteiger partial charge in [-0.15, -0.1) is 13.2 Å². The van der Waals surface area contributed by atoms with Gasteiger partial charge in [-0.25, -0.2) is 0 Å². The monoisotopic (exact) mass is 453 g/mol. The fourth-order valence-corrected chi connectivity index (χ4v) is 4.10. The van der Waals surface area contributed by atoms with E-state index in [1.165, 1.54) is 18.2 Å². The molecule has 0 saturated heterocycles. The van der Waals surface area contributed by atoms with Crippen LogP contribution in [-0.2, 0) is 5.54 Å². The van der Waals surface area contributed by atoms with Crippen molar-refractivity contribution in [2.45, 2.75) is 11.9 Å². The number of anilines is 1. The fraction of sp³-hybridized carbons (Fsp3) is 0.0769. The first kappa shape index (κ1) is 21.8. The molecule has 1 N–H and O–H groups in total. The Kier molecular flexibility index (Phi) is 6.10. The molecular weight excluding hydrogens is 435 g/mol. The molecule has 0 bridgehead atoms. The van der Waals surface area contributed by atoms with E-state index < -0.39 is 11.9 Å². The minimum absolute atomic E-state index is 0.309. The summed E-state index contributed by atoms with van der Waals surface area (Å²) in [5.74, 6) is -0.309. The van der Waals surface area contributed by atoms with Crippen molar-refractivity contribution in [1.82, 2.24) is 0 Å². The van der Waals surface area contributed by atoms with Crippen LogP contribution in [0.1, 0.15) is 16.7 Å². The van der Waals surface area contributed by atoms with Crippen LogP contribution in [-0.4, -0.2) is 6.36 Å². The lowest BCUT2D eigenvalue weighted by Crippen LogP contribution is -2.38. The van der Waals surface area contributed by atoms with Gasteiger partial charge in [0.25, 0.3) is 0 Å². The summed E-state index contributed by atoms with van der Waals surface area (Å²) in [6, 6.07) is 32.5. The highest BCUT2D eigenvalue weighted by atomic mass is 35.5. The van der Waals surface area contributed by atoms with Crippen LogP contribution in [0, 0.1) is 0 Å². The molecule has 0 unspecified atom stereocenters. The Morgan fingerprint density at radius 2 is 1.22 bits per heavy atom. The second kappa shape index (κ2) is 8.97. The van der Waals surface area contributed by atoms with Crippen LogP contribution in [0.25, 0.3) is 0 Å². The van der Waals surface area contributed by atoms with Crippen molar-refractivity contribution >= 4 is 17.3 Å². The molecule has 6 heteroatoms. The van der Waals surface area contributed by atoms with Crippen molar-refractivity contribution in [3.05, 3.63) is 131 Å². The average Bonchev–Trinajstić information content (AvgIpc) is 2.78. The molecule has 0 radical (unpaired) electrons. The third kappa shape index (κ3) is 4.58. The van der Waals surface area contributed by atoms with E-state index in [1.807, 2.05) is 78.9 Å². The lowest BCUT2D eigenvalue weighted by molar-refractivity contribution is -0.274. The van der Waals surface area contributed by atoms with Gasteiger partial charge in [0.15, 0.2) is 0 Å². The van der Waals surface area contributed by atoms with E-state index in [9.17, 15) is 13.2 Å². The van der Waals surface area contributed by atoms with Crippen LogP contribution in [0.4, 0.5) is 18.9 Å². The highest BCUT2D eigenvalue weighted by molar-refractivity contribution is 6.31. The molecule has 4 aromatic rings. The first-order chi connectivity index (χ1) is 15.4. The summed E-state index contributed by atoms with van der Waals surface area (Å²) in [6.45, 7) is 0. The molecule has 0 aliphatic heterocycles. The number of nitrogens with one attached hydrogen (secondary N) is 1. The van der Waals surface area contributed by atoms with Crippen LogP contribution >= 0.6 is 11.6 Å². The number of halogens is 4. The molecule has 0 saturated carbocycles. The third-order valence-electron chi connectivity index (χ3n) is 5.09. The molecule has 32 heavy (non-hydrogen) atoms. The molecule has 4 rings (SSSR count). The third-order valence-corrected chi connectivity index (χ3v) is 5.42. The molecule has 4 aromatic carbocycles. The first-order valence-corrected chi connectivity index (χ1v) is 10.3. The maximum absolute atomic E-state index is 12.8. The van der Waals surface area contributed by atoms with Crippen LogP contribution in [0.2, 0.25) is 5.02 Å². The van der Waals surface area contributed by atoms with Gasteiger partial charge in [0, 0.05) is 22.3 Å². The summed E-state index contributed by atoms with van der Waals surface area (Å²) in [5.41, 5.74) is 1.99. The van der Waals surface area contributed by atoms with Crippen LogP contribution in [0.5, 0.6) is 5.75 Å². The van der Waals surface area contributed by atoms with E-state index in [1.54, 1.807) is 12.1 Å². The van der Waals surface area contributed by atoms with Gasteiger partial charge < -0.3 is 10.1 Å². The number of rotatable bonds is 6. The van der Waals surface area contributed by atoms with E-state index in [0.717, 1.165) is 16.7 Å². The van der Waals surface area contributed by atoms with Gasteiger partial charge >= 0.3 is 6.36 Å². The maximum Gasteiger partial charge on any atom is 0.573 e. The predicted molar refractivity (Wildman–Crippen MR) is 121 cm³/mol. The molecule has 0 aliphatic carbocycles. The number of benzene rings is 4. The molecule has 162 valence electrons. The minimum atomic E-state index is -4.78. The Labute approximate surface area is 189 Å². The number of ether oxygens (including phenoxy) is 1. The van der Waals surface area contributed by atoms with Crippen LogP contribution in [0.3, 0.4) is 0 Å². The molecular formula is C26H19ClF3NO. The number of hydrogen-bond donors (Lipinski definition) is 1. The van der Waals surface area contributed by atoms with E-state index in [2.05, 4.69) is 10.1 Å². The van der Waals surface area contributed by atoms with Crippen molar-refractivity contribution < 1.29 is 17.9 Å². The first-order valence-electron chi connectivity index (χ1n) is 9.88. The Bertz CT molecular complexity index is 1140. The summed E-state index contributed by atoms with van der Waals surface area (Å²) < 4.78 is 42.5. The number of hydrogen-bond acceptors (Lipinski definition) is 2. The Hall–Kier alpha value is -3.44. The Balaban J connectivity index is 1.94. The predicted octanol–water partition coefficient (Wildman–Crippen LogP) is 7.64. The van der Waals surface area contributed by atoms with Gasteiger partial charge in [0.2, 0.25) is 0 Å². The Morgan fingerprint density at radius 1 is 0.656 bits per heavy atom. The summed E-state index contributed by atoms with van der Waals surface area (Å²) >= 11 is 6.68. The molecule has 2 nitrogen and oxygen atoms in total. The lowest BCUT2D eigenvalue weighted by atomic mass is 9.76. The van der Waals surface area contributed by atoms with Gasteiger partial charge in [0.1, 0.15) is 11.3 Å². The molecule has 0 heterocycles. The molecule has 0 aliphatic rings. The van der Waals surface area contributed by atoms with Crippen molar-refractivity contribution in [3.63, 3.8) is 0 Å². The SMILES string of the molecule is FC(F)(F)Oc1cccc(NC(c2ccccc2)(c2ccccc2)c2ccccc2Cl)c1. The molecule has 0 aromatic heterocycles. The van der Waals surface area contributed by atoms with Gasteiger partial charge in [-0.3, -0.25) is 0 Å². The van der Waals surface area contributed by atoms with Gasteiger partial charge in [-0.05, 0) is 29.3 Å². The quantitative estimate of drug-likeness (QED) is 0.303. The zero-order valence-electron chi connectivity index (χ0n) is 16.8. The summed E-state index contributed by atoms with van der Waals surface area (Å²) in [6.07, 6.45) is -4.78. The average molecular weight is 454 g/mol. The fourth-order valence-electron chi connectivity index (χ4n) is 3.82. The van der Waals surface area contributed by atoms with E-state index >= 15 is 0 Å². The molecule has 0 spiro atoms. The molecule has 0 fully saturated rings. The van der Waals surface area contributed by atoms with Gasteiger partial charge in [-0.1, -0.05) is 96.5 Å². The zero-order valence-corrected chi connectivity index (χ0v) is 17.6. The van der Waals surface area contributed by atoms with Crippen molar-refractivity contribution in [2.75, 3.05) is 5.32 Å². The standard InChI is InChI=1S/C26H19ClF3NO/c27-24-17-8-7-16-23(24)25(19-10-3-1-4-11-19,20-12-5-2-6-13-20)31-21-14-9-15-22(18-21)32-26(28,29)30/h1-18,31H. The zero-order chi connectivity index (χ0) is 22.6. The van der Waals surface area contributed by atoms with Gasteiger partial charge in [0.05, 0.1) is 0 Å². The maximum atomic E-state index is 12.8. The highest BCUT2D eigenvalue weighted by Crippen LogP contribution is 2.43. The second-order valence-electron chi connectivity index (χ2n) is 7.16. The van der Waals surface area contributed by atoms with E-state index in [0.29, 0.717) is 10.7 Å². The topological polar surface area (TPSA) is 21.3 Å². The summed E-state index contributed by atoms with van der Waals surface area (Å²) in [5, 5.41) is 4.00. The van der Waals surface area contributed by atoms with Crippen molar-refractivity contribution in [2.24, 2.45) is 0 Å². The second-order valence-corrected chi connectivity index (χ2v) is 7.57. The van der Waals surface area contributed by atoms with Gasteiger partial charge in [-0.2, -0.15) is 0 Å². The van der Waals surface area contributed by atoms with Crippen LogP contribution in [0.15, 0.2) is 109 Å². The normalized spacial score (nSPS) is 11.8. The molecule has 0 amide bonds. The van der Waals surface area contributed by atoms with E-state index in [-0.39, 0.29) is 5.75 Å². The highest BCUT2D eigenvalue weighted by Gasteiger charge is 2.38. The van der Waals surface area contributed by atoms with Crippen molar-refractivity contribution in [1.29, 1.82) is 0 Å². The smallest absolute Gasteiger partial charge is 0.406 e. The summed E-state index contributed by atoms with van der Waals surface area (Å²) in [7, 11) is 0. The number of alkyl halides is 3. The summed E-state index contributed by atoms with van der Waals surface area (Å²) in [4.78, 5) is 0. The van der Waals surface area contributed by atoms with E-state index in [4.69, 9.17) is 11.6 Å². The Morgan fingerprint density at radius 3 is 1.78 bits per heavy atom. The lowest BCUT2D eigenvalue weighted by Gasteiger charge is -2.38. The van der Waals surface area contributed by atoms with Crippen molar-refractivity contribution in [3.8, 4) is 5.75 Å². The molecule has 0 atom stereocenters. The minimum Gasteiger partial charge on any atom is -0.406 e.